The summed E-state index contributed by atoms with van der Waals surface area (Å²) in [5, 5.41) is 153. The maximum Gasteiger partial charge on any atom is 0.330 e. The van der Waals surface area contributed by atoms with Crippen LogP contribution in [-0.2, 0) is 62.0 Å². The molecule has 11 bridgehead atoms. The van der Waals surface area contributed by atoms with Crippen LogP contribution in [0.2, 0.25) is 5.02 Å². The number of hydrogen-bond donors (Lipinski definition) is 21. The third-order valence-corrected chi connectivity index (χ3v) is 20.1. The number of phenolic OH excluding ortho intramolecular Hbond substituents is 3. The molecule has 3 saturated heterocycles. The fraction of sp³-hybridized carbons (Fsp3) is 0.472. The van der Waals surface area contributed by atoms with Gasteiger partial charge < -0.3 is 148 Å². The van der Waals surface area contributed by atoms with E-state index in [9.17, 15) is 80.5 Å². The van der Waals surface area contributed by atoms with E-state index in [1.165, 1.54) is 64.2 Å². The van der Waals surface area contributed by atoms with Gasteiger partial charge in [0.1, 0.15) is 108 Å². The van der Waals surface area contributed by atoms with Crippen LogP contribution in [0.1, 0.15) is 112 Å². The van der Waals surface area contributed by atoms with Crippen LogP contribution in [0.5, 0.6) is 46.0 Å². The number of aliphatic hydroxyl groups excluding tert-OH is 8. The van der Waals surface area contributed by atoms with Gasteiger partial charge in [0, 0.05) is 34.7 Å². The van der Waals surface area contributed by atoms with Crippen LogP contribution in [-0.4, -0.2) is 232 Å². The molecular formula is C72H86ClN9O28. The van der Waals surface area contributed by atoms with Crippen LogP contribution < -0.4 is 62.9 Å². The number of aromatic hydroxyl groups is 3. The third-order valence-electron chi connectivity index (χ3n) is 19.8. The number of amides is 7. The van der Waals surface area contributed by atoms with Crippen molar-refractivity contribution in [2.24, 2.45) is 17.4 Å². The summed E-state index contributed by atoms with van der Waals surface area (Å²) >= 11 is 7.10. The van der Waals surface area contributed by atoms with Gasteiger partial charge >= 0.3 is 5.97 Å². The number of fused-ring (bicyclic) bond motifs is 15. The Morgan fingerprint density at radius 1 is 0.673 bits per heavy atom. The van der Waals surface area contributed by atoms with Crippen LogP contribution >= 0.6 is 11.6 Å². The first-order valence-electron chi connectivity index (χ1n) is 34.9. The van der Waals surface area contributed by atoms with Crippen molar-refractivity contribution in [1.29, 1.82) is 0 Å². The number of nitrogens with two attached hydrogens (primary N) is 2. The van der Waals surface area contributed by atoms with Crippen molar-refractivity contribution in [3.8, 4) is 57.1 Å². The highest BCUT2D eigenvalue weighted by Gasteiger charge is 2.53. The molecule has 15 unspecified atom stereocenters. The average Bonchev–Trinajstić information content (AvgIpc) is 0.763. The quantitative estimate of drug-likeness (QED) is 0.0556. The highest BCUT2D eigenvalue weighted by atomic mass is 35.5. The summed E-state index contributed by atoms with van der Waals surface area (Å²) in [6.45, 7) is 6.83. The first-order chi connectivity index (χ1) is 51.9. The molecular weight excluding hydrogens is 1470 g/mol. The maximum absolute atomic E-state index is 16.3. The van der Waals surface area contributed by atoms with E-state index in [0.717, 1.165) is 48.5 Å². The number of benzene rings is 5. The molecule has 13 rings (SSSR count). The first kappa shape index (κ1) is 81.3. The molecule has 5 aromatic carbocycles. The predicted octanol–water partition coefficient (Wildman–Crippen LogP) is -1.70. The van der Waals surface area contributed by atoms with E-state index in [1.807, 2.05) is 13.8 Å². The standard InChI is InChI=1S/C72H86ClN9O28/c1-25(2)15-37(76-6)63(95)81-51-54(89)30-10-14-41(36(73)17-30)106-43-19-31-18-42(60(43)109-71-61(57(92)55(90)44(24-83)107-71)110-70-58(93)56(91)53(88)26(3)104-70)105-33-11-7-28(8-12-33)59(108-46-23-72(5,75)62(94)27(4)103-46)52-68(100)80-50(69(101)102)35-20-32(84)21-40(86)47(35)34-16-29(9-13-39(34)85)48(65(97)82-52)79-66(98)49(31)78-64(96)38(22-45(74)87)77-67(51)99/h7-14,16-21,25-27,37-38,44,46,48-59,61-62,70-71,76,83-86,88-94H,15,22-24,75H2,1-6H3,(H2,74,87)(H,77,99)(H,78,96)(H,79,98)(H,80,100)(H,81,95)(H,82,97)(H,101,102)/t26?,27?,37?,38-,44?,46?,48+,49+,50-,51+,52-,53?,54+,55?,56?,57?,58?,59+,61?,62?,70?,71?,72?/m0/s1. The van der Waals surface area contributed by atoms with Gasteiger partial charge in [-0.05, 0) is 117 Å². The average molecular weight is 1560 g/mol. The molecule has 5 aromatic rings. The number of carbonyl (C=O) groups is 8. The summed E-state index contributed by atoms with van der Waals surface area (Å²) < 4.78 is 50.8. The SMILES string of the molecule is CNC(CC(C)C)C(=O)N[C@H]1C(=O)N[C@@H](CC(N)=O)C(=O)N[C@H]2C(=O)N[C@H]3C(=O)N[C@H](C(=O)N[C@H](C(=O)O)c4cc(O)cc(O)c4-c4cc3ccc4O)[C@H](OC3CC(C)(N)C(O)C(C)O3)c3ccc(cc3)Oc3cc2cc(c3OC2OC(CO)C(O)C(O)C2OC2OC(C)C(O)C(O)C2O)Oc2ccc(cc2Cl)[C@H]1O. The molecule has 23 atom stereocenters. The largest absolute Gasteiger partial charge is 0.508 e. The van der Waals surface area contributed by atoms with Gasteiger partial charge in [0.05, 0.1) is 42.4 Å². The summed E-state index contributed by atoms with van der Waals surface area (Å²) in [6, 6.07) is 0.905. The molecule has 8 heterocycles. The first-order valence-corrected chi connectivity index (χ1v) is 35.3. The van der Waals surface area contributed by atoms with Gasteiger partial charge in [-0.1, -0.05) is 49.7 Å². The van der Waals surface area contributed by atoms with Gasteiger partial charge in [-0.2, -0.15) is 0 Å². The van der Waals surface area contributed by atoms with E-state index >= 15 is 19.2 Å². The number of carbonyl (C=O) groups excluding carboxylic acids is 7. The molecule has 0 spiro atoms. The van der Waals surface area contributed by atoms with Crippen molar-refractivity contribution in [3.63, 3.8) is 0 Å². The Labute approximate surface area is 631 Å². The Hall–Kier alpha value is -9.65. The number of aliphatic carboxylic acids is 1. The summed E-state index contributed by atoms with van der Waals surface area (Å²) in [7, 11) is 1.46. The van der Waals surface area contributed by atoms with Crippen molar-refractivity contribution in [1.82, 2.24) is 37.2 Å². The highest BCUT2D eigenvalue weighted by Crippen LogP contribution is 2.49. The topological polar surface area (TPSA) is 589 Å². The number of halogens is 1. The Bertz CT molecular complexity index is 4330. The van der Waals surface area contributed by atoms with Crippen molar-refractivity contribution in [2.75, 3.05) is 13.7 Å². The van der Waals surface area contributed by atoms with Gasteiger partial charge in [-0.3, -0.25) is 33.6 Å². The number of primary amides is 1. The number of phenols is 3. The zero-order valence-corrected chi connectivity index (χ0v) is 60.4. The second-order valence-electron chi connectivity index (χ2n) is 28.4. The molecule has 7 amide bonds. The fourth-order valence-corrected chi connectivity index (χ4v) is 14.1. The summed E-state index contributed by atoms with van der Waals surface area (Å²) in [6.07, 6.45) is -28.3. The van der Waals surface area contributed by atoms with Crippen LogP contribution in [0.25, 0.3) is 11.1 Å². The number of hydrogen-bond acceptors (Lipinski definition) is 29. The minimum absolute atomic E-state index is 0.0709. The van der Waals surface area contributed by atoms with Crippen LogP contribution in [0.15, 0.2) is 84.9 Å². The molecule has 23 N–H and O–H groups in total. The van der Waals surface area contributed by atoms with Crippen molar-refractivity contribution < 1.29 is 138 Å². The van der Waals surface area contributed by atoms with Gasteiger partial charge in [0.15, 0.2) is 36.2 Å². The normalized spacial score (nSPS) is 32.2. The molecule has 3 fully saturated rings. The highest BCUT2D eigenvalue weighted by molar-refractivity contribution is 6.32. The Balaban J connectivity index is 1.18. The predicted molar refractivity (Wildman–Crippen MR) is 376 cm³/mol. The smallest absolute Gasteiger partial charge is 0.330 e. The van der Waals surface area contributed by atoms with Gasteiger partial charge in [-0.25, -0.2) is 4.79 Å². The molecule has 594 valence electrons. The summed E-state index contributed by atoms with van der Waals surface area (Å²) in [5.41, 5.74) is 8.22. The lowest BCUT2D eigenvalue weighted by molar-refractivity contribution is -0.354. The number of ether oxygens (including phenoxy) is 8. The van der Waals surface area contributed by atoms with E-state index in [-0.39, 0.29) is 46.9 Å². The molecule has 38 heteroatoms. The molecule has 0 radical (unpaired) electrons. The minimum Gasteiger partial charge on any atom is -0.508 e. The fourth-order valence-electron chi connectivity index (χ4n) is 13.9. The second-order valence-corrected chi connectivity index (χ2v) is 28.8. The zero-order valence-electron chi connectivity index (χ0n) is 59.6. The lowest BCUT2D eigenvalue weighted by Crippen LogP contribution is -2.64. The molecule has 8 aliphatic heterocycles. The van der Waals surface area contributed by atoms with Crippen LogP contribution in [0, 0.1) is 5.92 Å². The third kappa shape index (κ3) is 17.1. The number of carboxylic acid groups (broad SMARTS) is 1. The van der Waals surface area contributed by atoms with Crippen LogP contribution in [0.3, 0.4) is 0 Å². The molecule has 110 heavy (non-hydrogen) atoms. The van der Waals surface area contributed by atoms with Crippen LogP contribution in [0.4, 0.5) is 0 Å². The van der Waals surface area contributed by atoms with E-state index in [1.54, 1.807) is 0 Å². The lowest BCUT2D eigenvalue weighted by Gasteiger charge is -2.45. The van der Waals surface area contributed by atoms with E-state index in [4.69, 9.17) is 61.0 Å². The van der Waals surface area contributed by atoms with Gasteiger partial charge in [-0.15, -0.1) is 0 Å². The van der Waals surface area contributed by atoms with Crippen molar-refractivity contribution in [2.45, 2.75) is 194 Å². The minimum atomic E-state index is -2.38. The number of aliphatic hydroxyl groups is 8. The van der Waals surface area contributed by atoms with E-state index in [2.05, 4.69) is 37.2 Å². The van der Waals surface area contributed by atoms with Gasteiger partial charge in [0.25, 0.3) is 0 Å². The molecule has 0 aliphatic carbocycles. The van der Waals surface area contributed by atoms with Crippen molar-refractivity contribution in [3.05, 3.63) is 118 Å². The van der Waals surface area contributed by atoms with Gasteiger partial charge in [0.2, 0.25) is 53.4 Å². The summed E-state index contributed by atoms with van der Waals surface area (Å²) in [5.74, 6) is -16.0. The van der Waals surface area contributed by atoms with E-state index in [0.29, 0.717) is 0 Å². The number of likely N-dealkylation sites (N-methyl/N-ethyl adjacent to an activating group) is 1. The Morgan fingerprint density at radius 2 is 1.33 bits per heavy atom. The molecule has 37 nitrogen and oxygen atoms in total. The zero-order chi connectivity index (χ0) is 80.0. The number of rotatable bonds is 15. The van der Waals surface area contributed by atoms with E-state index < -0.39 is 262 Å². The monoisotopic (exact) mass is 1560 g/mol. The Morgan fingerprint density at radius 3 is 1.97 bits per heavy atom. The van der Waals surface area contributed by atoms with Crippen molar-refractivity contribution >= 4 is 58.9 Å². The number of carboxylic acids is 1. The molecule has 0 aromatic heterocycles. The molecule has 8 aliphatic rings. The lowest BCUT2D eigenvalue weighted by atomic mass is 9.86. The summed E-state index contributed by atoms with van der Waals surface area (Å²) in [4.78, 5) is 119. The number of nitrogens with one attached hydrogen (secondary N) is 7. The maximum atomic E-state index is 16.3. The molecule has 0 saturated carbocycles. The second kappa shape index (κ2) is 33.1. The Kier molecular flexibility index (Phi) is 24.5.